The summed E-state index contributed by atoms with van der Waals surface area (Å²) in [4.78, 5) is 26.0. The van der Waals surface area contributed by atoms with Crippen molar-refractivity contribution < 1.29 is 24.2 Å². The van der Waals surface area contributed by atoms with E-state index in [1.807, 2.05) is 25.1 Å². The molecule has 0 aliphatic carbocycles. The molecule has 3 aromatic carbocycles. The Balaban J connectivity index is 1.50. The number of azo groups is 1. The molecule has 1 aromatic heterocycles. The lowest BCUT2D eigenvalue weighted by atomic mass is 10.1. The van der Waals surface area contributed by atoms with Crippen LogP contribution in [0.15, 0.2) is 88.7 Å². The van der Waals surface area contributed by atoms with Crippen LogP contribution in [0.1, 0.15) is 22.8 Å². The highest BCUT2D eigenvalue weighted by Crippen LogP contribution is 2.38. The molecule has 0 saturated heterocycles. The molecule has 2 heterocycles. The van der Waals surface area contributed by atoms with Gasteiger partial charge in [-0.05, 0) is 48.9 Å². The highest BCUT2D eigenvalue weighted by atomic mass is 16.7. The van der Waals surface area contributed by atoms with Gasteiger partial charge in [0.25, 0.3) is 5.91 Å². The third kappa shape index (κ3) is 4.41. The average Bonchev–Trinajstić information content (AvgIpc) is 3.48. The van der Waals surface area contributed by atoms with Crippen LogP contribution in [0.3, 0.4) is 0 Å². The van der Waals surface area contributed by atoms with Gasteiger partial charge in [-0.25, -0.2) is 0 Å². The van der Waals surface area contributed by atoms with Crippen LogP contribution in [0.5, 0.6) is 17.4 Å². The van der Waals surface area contributed by atoms with Crippen LogP contribution >= 0.6 is 0 Å². The number of rotatable bonds is 6. The number of amides is 2. The zero-order valence-corrected chi connectivity index (χ0v) is 19.3. The molecule has 180 valence electrons. The topological polar surface area (TPSA) is 115 Å². The average molecular weight is 482 g/mol. The van der Waals surface area contributed by atoms with Gasteiger partial charge in [-0.1, -0.05) is 42.5 Å². The van der Waals surface area contributed by atoms with E-state index in [-0.39, 0.29) is 24.1 Å². The number of benzene rings is 3. The number of nitrogens with one attached hydrogen (secondary N) is 1. The summed E-state index contributed by atoms with van der Waals surface area (Å²) in [6.07, 6.45) is 1.49. The van der Waals surface area contributed by atoms with E-state index in [9.17, 15) is 14.7 Å². The molecule has 0 atom stereocenters. The third-order valence-electron chi connectivity index (χ3n) is 5.70. The van der Waals surface area contributed by atoms with Gasteiger partial charge in [-0.3, -0.25) is 9.59 Å². The summed E-state index contributed by atoms with van der Waals surface area (Å²) in [6, 6.07) is 21.0. The fraction of sp³-hybridized carbons (Fsp3) is 0.111. The smallest absolute Gasteiger partial charge is 0.311 e. The zero-order chi connectivity index (χ0) is 25.1. The summed E-state index contributed by atoms with van der Waals surface area (Å²) >= 11 is 0. The van der Waals surface area contributed by atoms with Gasteiger partial charge in [-0.15, -0.1) is 10.2 Å². The molecule has 5 rings (SSSR count). The van der Waals surface area contributed by atoms with Gasteiger partial charge in [0.15, 0.2) is 17.2 Å². The minimum Gasteiger partial charge on any atom is -0.493 e. The summed E-state index contributed by atoms with van der Waals surface area (Å²) < 4.78 is 12.4. The van der Waals surface area contributed by atoms with Crippen LogP contribution in [-0.4, -0.2) is 28.3 Å². The quantitative estimate of drug-likeness (QED) is 0.290. The maximum absolute atomic E-state index is 13.2. The fourth-order valence-electron chi connectivity index (χ4n) is 3.94. The SMILES string of the molecule is CCn1c(O)c(N=NC(=O)/C(=C\c2ccc3c(c2)OCO3)NC(=O)c2ccccc2)c2ccccc21. The van der Waals surface area contributed by atoms with Gasteiger partial charge in [-0.2, -0.15) is 0 Å². The predicted octanol–water partition coefficient (Wildman–Crippen LogP) is 5.18. The third-order valence-corrected chi connectivity index (χ3v) is 5.70. The van der Waals surface area contributed by atoms with Crippen molar-refractivity contribution in [1.82, 2.24) is 9.88 Å². The number of ether oxygens (including phenoxy) is 2. The second-order valence-corrected chi connectivity index (χ2v) is 7.93. The summed E-state index contributed by atoms with van der Waals surface area (Å²) in [5, 5.41) is 21.9. The van der Waals surface area contributed by atoms with E-state index in [4.69, 9.17) is 9.47 Å². The molecule has 0 unspecified atom stereocenters. The van der Waals surface area contributed by atoms with Crippen molar-refractivity contribution in [2.24, 2.45) is 10.2 Å². The van der Waals surface area contributed by atoms with Crippen LogP contribution < -0.4 is 14.8 Å². The minimum atomic E-state index is -0.787. The highest BCUT2D eigenvalue weighted by Gasteiger charge is 2.19. The first kappa shape index (κ1) is 22.9. The lowest BCUT2D eigenvalue weighted by Crippen LogP contribution is -2.26. The number of carbonyl (C=O) groups is 2. The van der Waals surface area contributed by atoms with Crippen molar-refractivity contribution in [2.75, 3.05) is 6.79 Å². The molecule has 9 heteroatoms. The number of aromatic nitrogens is 1. The number of nitrogens with zero attached hydrogens (tertiary/aromatic N) is 3. The van der Waals surface area contributed by atoms with Gasteiger partial charge < -0.3 is 24.5 Å². The molecule has 2 amide bonds. The molecule has 9 nitrogen and oxygen atoms in total. The molecule has 36 heavy (non-hydrogen) atoms. The largest absolute Gasteiger partial charge is 0.493 e. The van der Waals surface area contributed by atoms with Gasteiger partial charge in [0.2, 0.25) is 12.7 Å². The zero-order valence-electron chi connectivity index (χ0n) is 19.3. The number of aryl methyl sites for hydroxylation is 1. The van der Waals surface area contributed by atoms with Crippen LogP contribution in [0.4, 0.5) is 5.69 Å². The van der Waals surface area contributed by atoms with Gasteiger partial charge >= 0.3 is 5.91 Å². The summed E-state index contributed by atoms with van der Waals surface area (Å²) in [5.41, 5.74) is 1.83. The Morgan fingerprint density at radius 1 is 1.03 bits per heavy atom. The molecule has 0 fully saturated rings. The fourth-order valence-corrected chi connectivity index (χ4v) is 3.94. The van der Waals surface area contributed by atoms with E-state index in [1.165, 1.54) is 6.08 Å². The van der Waals surface area contributed by atoms with Crippen LogP contribution in [0.2, 0.25) is 0 Å². The molecule has 2 N–H and O–H groups in total. The normalized spacial score (nSPS) is 12.9. The van der Waals surface area contributed by atoms with Crippen molar-refractivity contribution in [3.05, 3.63) is 89.6 Å². The number of aromatic hydroxyl groups is 1. The van der Waals surface area contributed by atoms with Crippen molar-refractivity contribution in [2.45, 2.75) is 13.5 Å². The Morgan fingerprint density at radius 3 is 2.58 bits per heavy atom. The second kappa shape index (κ2) is 9.75. The maximum Gasteiger partial charge on any atom is 0.311 e. The molecule has 1 aliphatic rings. The number of carbonyl (C=O) groups excluding carboxylic acids is 2. The first-order valence-corrected chi connectivity index (χ1v) is 11.3. The lowest BCUT2D eigenvalue weighted by molar-refractivity contribution is -0.115. The first-order chi connectivity index (χ1) is 17.5. The van der Waals surface area contributed by atoms with Crippen LogP contribution in [-0.2, 0) is 11.3 Å². The number of hydrogen-bond donors (Lipinski definition) is 2. The van der Waals surface area contributed by atoms with E-state index >= 15 is 0 Å². The Bertz CT molecular complexity index is 1520. The second-order valence-electron chi connectivity index (χ2n) is 7.93. The van der Waals surface area contributed by atoms with Crippen molar-refractivity contribution in [3.8, 4) is 17.4 Å². The molecule has 0 spiro atoms. The molecule has 1 aliphatic heterocycles. The molecular weight excluding hydrogens is 460 g/mol. The van der Waals surface area contributed by atoms with Crippen molar-refractivity contribution >= 4 is 34.5 Å². The molecule has 0 bridgehead atoms. The Kier molecular flexibility index (Phi) is 6.19. The molecule has 0 radical (unpaired) electrons. The summed E-state index contributed by atoms with van der Waals surface area (Å²) in [6.45, 7) is 2.52. The predicted molar refractivity (Wildman–Crippen MR) is 133 cm³/mol. The summed E-state index contributed by atoms with van der Waals surface area (Å²) in [7, 11) is 0. The first-order valence-electron chi connectivity index (χ1n) is 11.3. The highest BCUT2D eigenvalue weighted by molar-refractivity contribution is 6.05. The van der Waals surface area contributed by atoms with Gasteiger partial charge in [0, 0.05) is 17.5 Å². The lowest BCUT2D eigenvalue weighted by Gasteiger charge is -2.07. The van der Waals surface area contributed by atoms with E-state index < -0.39 is 11.8 Å². The Labute approximate surface area is 206 Å². The standard InChI is InChI=1S/C27H22N4O5/c1-2-31-21-11-7-6-10-19(21)24(27(31)34)29-30-26(33)20(28-25(32)18-8-4-3-5-9-18)14-17-12-13-22-23(15-17)36-16-35-22/h3-15,34H,2,16H2,1H3,(H,28,32)/b20-14+,30-29?. The van der Waals surface area contributed by atoms with Crippen LogP contribution in [0.25, 0.3) is 17.0 Å². The van der Waals surface area contributed by atoms with Gasteiger partial charge in [0.1, 0.15) is 5.70 Å². The Morgan fingerprint density at radius 2 is 1.78 bits per heavy atom. The van der Waals surface area contributed by atoms with E-state index in [1.54, 1.807) is 59.2 Å². The van der Waals surface area contributed by atoms with E-state index in [2.05, 4.69) is 15.5 Å². The number of fused-ring (bicyclic) bond motifs is 2. The number of para-hydroxylation sites is 1. The minimum absolute atomic E-state index is 0.0924. The van der Waals surface area contributed by atoms with Crippen LogP contribution in [0, 0.1) is 0 Å². The Hall–Kier alpha value is -4.92. The molecule has 0 saturated carbocycles. The van der Waals surface area contributed by atoms with E-state index in [0.717, 1.165) is 5.52 Å². The number of hydrogen-bond acceptors (Lipinski definition) is 6. The molecular formula is C27H22N4O5. The van der Waals surface area contributed by atoms with Crippen molar-refractivity contribution in [3.63, 3.8) is 0 Å². The maximum atomic E-state index is 13.2. The van der Waals surface area contributed by atoms with E-state index in [0.29, 0.717) is 34.6 Å². The monoisotopic (exact) mass is 482 g/mol. The van der Waals surface area contributed by atoms with Gasteiger partial charge in [0.05, 0.1) is 5.52 Å². The van der Waals surface area contributed by atoms with Crippen molar-refractivity contribution in [1.29, 1.82) is 0 Å². The summed E-state index contributed by atoms with van der Waals surface area (Å²) in [5.74, 6) is -0.231. The molecule has 4 aromatic rings.